The van der Waals surface area contributed by atoms with E-state index in [1.54, 1.807) is 29.2 Å². The number of benzene rings is 2. The summed E-state index contributed by atoms with van der Waals surface area (Å²) in [6, 6.07) is 12.1. The average molecular weight is 634 g/mol. The van der Waals surface area contributed by atoms with Crippen molar-refractivity contribution in [2.45, 2.75) is 44.6 Å². The number of aliphatic hydroxyl groups is 2. The van der Waals surface area contributed by atoms with Crippen LogP contribution in [0.15, 0.2) is 66.3 Å². The maximum Gasteiger partial charge on any atom is 0.247 e. The summed E-state index contributed by atoms with van der Waals surface area (Å²) in [7, 11) is 0. The summed E-state index contributed by atoms with van der Waals surface area (Å²) in [6.45, 7) is 2.12. The Balaban J connectivity index is 1.68. The third kappa shape index (κ3) is 6.66. The molecular formula is C28H31IN2O7. The van der Waals surface area contributed by atoms with Crippen molar-refractivity contribution in [1.29, 1.82) is 0 Å². The molecular weight excluding hydrogens is 603 g/mol. The number of carbonyl (C=O) groups is 2. The van der Waals surface area contributed by atoms with Gasteiger partial charge < -0.3 is 34.6 Å². The molecule has 0 unspecified atom stereocenters. The van der Waals surface area contributed by atoms with Crippen LogP contribution in [0.2, 0.25) is 0 Å². The molecule has 0 saturated heterocycles. The molecule has 0 spiro atoms. The number of halogens is 1. The van der Waals surface area contributed by atoms with Crippen LogP contribution in [-0.4, -0.2) is 65.1 Å². The Morgan fingerprint density at radius 1 is 1.21 bits per heavy atom. The van der Waals surface area contributed by atoms with Crippen LogP contribution in [0.1, 0.15) is 25.3 Å². The topological polar surface area (TPSA) is 118 Å². The molecule has 3 N–H and O–H groups in total. The number of fused-ring (bicyclic) bond motifs is 1. The number of carbonyl (C=O) groups excluding carboxylic acids is 2. The van der Waals surface area contributed by atoms with Crippen LogP contribution in [0.25, 0.3) is 0 Å². The Morgan fingerprint density at radius 2 is 2.00 bits per heavy atom. The molecule has 38 heavy (non-hydrogen) atoms. The number of nitrogens with zero attached hydrogens (tertiary/aromatic N) is 1. The van der Waals surface area contributed by atoms with Gasteiger partial charge in [-0.1, -0.05) is 31.2 Å². The lowest BCUT2D eigenvalue weighted by Gasteiger charge is -2.40. The average Bonchev–Trinajstić information content (AvgIpc) is 3.39. The number of aliphatic hydroxyl groups excluding tert-OH is 2. The van der Waals surface area contributed by atoms with Crippen LogP contribution in [-0.2, 0) is 16.1 Å². The van der Waals surface area contributed by atoms with E-state index in [2.05, 4.69) is 27.9 Å². The van der Waals surface area contributed by atoms with Gasteiger partial charge in [0.05, 0.1) is 16.2 Å². The number of nitrogens with one attached hydrogen (secondary N) is 1. The standard InChI is InChI=1S/C28H31IN2O7/c1-2-3-8-26(33)31(16-18-9-10-23-24(13-18)37-17-36-23)21-14-19(28(35)30-11-12-32)15-25(27(21)34)38-22-7-5-4-6-20(22)29/h3-10,13,15,21,25,27,32,34H,2,11-12,14,16-17H2,1H3,(H,30,35)/t21-,25+,27+/m1/s1. The zero-order valence-corrected chi connectivity index (χ0v) is 23.2. The molecule has 2 aromatic carbocycles. The van der Waals surface area contributed by atoms with Gasteiger partial charge in [0.25, 0.3) is 0 Å². The van der Waals surface area contributed by atoms with Gasteiger partial charge in [0.1, 0.15) is 18.0 Å². The van der Waals surface area contributed by atoms with Crippen LogP contribution in [0.3, 0.4) is 0 Å². The van der Waals surface area contributed by atoms with Gasteiger partial charge in [0.15, 0.2) is 11.5 Å². The molecule has 202 valence electrons. The molecule has 0 aromatic heterocycles. The third-order valence-corrected chi connectivity index (χ3v) is 7.17. The van der Waals surface area contributed by atoms with Gasteiger partial charge in [-0.05, 0) is 71.0 Å². The highest BCUT2D eigenvalue weighted by atomic mass is 127. The molecule has 0 radical (unpaired) electrons. The summed E-state index contributed by atoms with van der Waals surface area (Å²) in [5.41, 5.74) is 1.16. The first-order valence-electron chi connectivity index (χ1n) is 12.5. The number of rotatable bonds is 10. The lowest BCUT2D eigenvalue weighted by atomic mass is 9.87. The first-order chi connectivity index (χ1) is 18.4. The highest BCUT2D eigenvalue weighted by Gasteiger charge is 2.40. The maximum absolute atomic E-state index is 13.4. The van der Waals surface area contributed by atoms with Gasteiger partial charge in [-0.25, -0.2) is 0 Å². The van der Waals surface area contributed by atoms with Crippen molar-refractivity contribution in [3.05, 3.63) is 75.4 Å². The monoisotopic (exact) mass is 634 g/mol. The second-order valence-corrected chi connectivity index (χ2v) is 10.1. The van der Waals surface area contributed by atoms with Gasteiger partial charge in [0, 0.05) is 25.1 Å². The molecule has 2 aromatic rings. The minimum Gasteiger partial charge on any atom is -0.482 e. The summed E-state index contributed by atoms with van der Waals surface area (Å²) in [5.74, 6) is 1.10. The van der Waals surface area contributed by atoms with Crippen LogP contribution >= 0.6 is 22.6 Å². The molecule has 10 heteroatoms. The van der Waals surface area contributed by atoms with E-state index in [1.165, 1.54) is 6.08 Å². The van der Waals surface area contributed by atoms with Crippen molar-refractivity contribution in [2.24, 2.45) is 0 Å². The molecule has 1 heterocycles. The van der Waals surface area contributed by atoms with Crippen molar-refractivity contribution in [1.82, 2.24) is 10.2 Å². The Kier molecular flexibility index (Phi) is 9.64. The fraction of sp³-hybridized carbons (Fsp3) is 0.357. The van der Waals surface area contributed by atoms with Crippen molar-refractivity contribution in [3.63, 3.8) is 0 Å². The molecule has 1 aliphatic heterocycles. The number of hydrogen-bond acceptors (Lipinski definition) is 7. The zero-order chi connectivity index (χ0) is 27.1. The molecule has 0 saturated carbocycles. The second kappa shape index (κ2) is 13.1. The summed E-state index contributed by atoms with van der Waals surface area (Å²) in [6.07, 6.45) is 3.62. The molecule has 2 aliphatic rings. The normalized spacial score (nSPS) is 20.2. The van der Waals surface area contributed by atoms with Gasteiger partial charge in [-0.15, -0.1) is 0 Å². The van der Waals surface area contributed by atoms with Crippen LogP contribution in [0, 0.1) is 3.57 Å². The molecule has 0 bridgehead atoms. The van der Waals surface area contributed by atoms with Gasteiger partial charge in [0.2, 0.25) is 18.6 Å². The number of para-hydroxylation sites is 1. The lowest BCUT2D eigenvalue weighted by Crippen LogP contribution is -2.54. The molecule has 9 nitrogen and oxygen atoms in total. The SMILES string of the molecule is CCC=CC(=O)N(Cc1ccc2c(c1)OCO2)[C@@H]1CC(C(=O)NCCO)=C[C@H](Oc2ccccc2I)[C@H]1O. The maximum atomic E-state index is 13.4. The molecule has 2 amide bonds. The van der Waals surface area contributed by atoms with Crippen molar-refractivity contribution in [3.8, 4) is 17.2 Å². The number of amides is 2. The third-order valence-electron chi connectivity index (χ3n) is 6.28. The van der Waals surface area contributed by atoms with Gasteiger partial charge in [-0.3, -0.25) is 9.59 Å². The van der Waals surface area contributed by atoms with Crippen molar-refractivity contribution >= 4 is 34.4 Å². The molecule has 3 atom stereocenters. The highest BCUT2D eigenvalue weighted by molar-refractivity contribution is 14.1. The van der Waals surface area contributed by atoms with Crippen LogP contribution in [0.4, 0.5) is 0 Å². The minimum absolute atomic E-state index is 0.0879. The van der Waals surface area contributed by atoms with E-state index in [1.807, 2.05) is 37.3 Å². The Labute approximate surface area is 235 Å². The van der Waals surface area contributed by atoms with Gasteiger partial charge in [-0.2, -0.15) is 0 Å². The van der Waals surface area contributed by atoms with Crippen LogP contribution in [0.5, 0.6) is 17.2 Å². The Bertz CT molecular complexity index is 1220. The highest BCUT2D eigenvalue weighted by Crippen LogP contribution is 2.34. The van der Waals surface area contributed by atoms with E-state index >= 15 is 0 Å². The second-order valence-electron chi connectivity index (χ2n) is 8.91. The zero-order valence-electron chi connectivity index (χ0n) is 21.0. The molecule has 0 fully saturated rings. The summed E-state index contributed by atoms with van der Waals surface area (Å²) in [4.78, 5) is 27.9. The number of hydrogen-bond donors (Lipinski definition) is 3. The van der Waals surface area contributed by atoms with Crippen molar-refractivity contribution in [2.75, 3.05) is 19.9 Å². The van der Waals surface area contributed by atoms with E-state index in [-0.39, 0.29) is 44.7 Å². The first kappa shape index (κ1) is 27.9. The van der Waals surface area contributed by atoms with E-state index in [0.29, 0.717) is 29.2 Å². The first-order valence-corrected chi connectivity index (χ1v) is 13.5. The van der Waals surface area contributed by atoms with E-state index in [0.717, 1.165) is 9.13 Å². The Hall–Kier alpha value is -3.09. The van der Waals surface area contributed by atoms with E-state index < -0.39 is 18.2 Å². The minimum atomic E-state index is -1.12. The predicted octanol–water partition coefficient (Wildman–Crippen LogP) is 2.93. The molecule has 4 rings (SSSR count). The number of ether oxygens (including phenoxy) is 3. The largest absolute Gasteiger partial charge is 0.482 e. The predicted molar refractivity (Wildman–Crippen MR) is 149 cm³/mol. The quantitative estimate of drug-likeness (QED) is 0.272. The number of allylic oxidation sites excluding steroid dienone is 1. The summed E-state index contributed by atoms with van der Waals surface area (Å²) < 4.78 is 17.9. The van der Waals surface area contributed by atoms with E-state index in [9.17, 15) is 19.8 Å². The fourth-order valence-corrected chi connectivity index (χ4v) is 4.89. The van der Waals surface area contributed by atoms with Crippen LogP contribution < -0.4 is 19.5 Å². The summed E-state index contributed by atoms with van der Waals surface area (Å²) in [5, 5.41) is 23.4. The van der Waals surface area contributed by atoms with E-state index in [4.69, 9.17) is 14.2 Å². The smallest absolute Gasteiger partial charge is 0.247 e. The fourth-order valence-electron chi connectivity index (χ4n) is 4.38. The van der Waals surface area contributed by atoms with Crippen molar-refractivity contribution < 1.29 is 34.0 Å². The molecule has 1 aliphatic carbocycles. The lowest BCUT2D eigenvalue weighted by molar-refractivity contribution is -0.134. The van der Waals surface area contributed by atoms with Gasteiger partial charge >= 0.3 is 0 Å². The summed E-state index contributed by atoms with van der Waals surface area (Å²) >= 11 is 2.14. The Morgan fingerprint density at radius 3 is 2.76 bits per heavy atom.